The van der Waals surface area contributed by atoms with Gasteiger partial charge in [-0.2, -0.15) is 0 Å². The molecule has 0 aromatic heterocycles. The summed E-state index contributed by atoms with van der Waals surface area (Å²) >= 11 is 0. The fourth-order valence-corrected chi connectivity index (χ4v) is 1.53. The summed E-state index contributed by atoms with van der Waals surface area (Å²) < 4.78 is 5.19. The van der Waals surface area contributed by atoms with Crippen LogP contribution in [0.1, 0.15) is 33.6 Å². The van der Waals surface area contributed by atoms with E-state index in [1.165, 1.54) is 4.90 Å². The second-order valence-electron chi connectivity index (χ2n) is 4.87. The molecule has 0 aromatic carbocycles. The van der Waals surface area contributed by atoms with Gasteiger partial charge in [-0.15, -0.1) is 0 Å². The van der Waals surface area contributed by atoms with Crippen molar-refractivity contribution in [2.24, 2.45) is 5.73 Å². The molecule has 1 aliphatic heterocycles. The number of carbonyl (C=O) groups excluding carboxylic acids is 1. The predicted molar refractivity (Wildman–Crippen MR) is 56.2 cm³/mol. The summed E-state index contributed by atoms with van der Waals surface area (Å²) in [5.41, 5.74) is 5.19. The first-order valence-corrected chi connectivity index (χ1v) is 5.24. The van der Waals surface area contributed by atoms with Crippen LogP contribution in [-0.4, -0.2) is 40.5 Å². The average molecular weight is 216 g/mol. The molecule has 5 nitrogen and oxygen atoms in total. The van der Waals surface area contributed by atoms with Crippen molar-refractivity contribution in [3.8, 4) is 0 Å². The molecule has 3 N–H and O–H groups in total. The Kier molecular flexibility index (Phi) is 3.57. The number of aliphatic hydroxyl groups excluding tert-OH is 1. The third-order valence-corrected chi connectivity index (χ3v) is 2.28. The van der Waals surface area contributed by atoms with Crippen LogP contribution in [0.2, 0.25) is 0 Å². The summed E-state index contributed by atoms with van der Waals surface area (Å²) in [5, 5.41) is 9.52. The van der Waals surface area contributed by atoms with E-state index in [2.05, 4.69) is 0 Å². The van der Waals surface area contributed by atoms with Crippen LogP contribution < -0.4 is 5.73 Å². The number of aliphatic hydroxyl groups is 1. The van der Waals surface area contributed by atoms with Crippen LogP contribution >= 0.6 is 0 Å². The standard InChI is InChI=1S/C10H20N2O3/c1-10(2,3)15-9(14)12-6-4-5-7(13)8(12)11/h7-8,13H,4-6,11H2,1-3H3/t7-,8?/m1/s1. The highest BCUT2D eigenvalue weighted by Gasteiger charge is 2.33. The van der Waals surface area contributed by atoms with E-state index < -0.39 is 24.0 Å². The Balaban J connectivity index is 2.59. The molecule has 0 radical (unpaired) electrons. The minimum absolute atomic E-state index is 0.450. The van der Waals surface area contributed by atoms with Gasteiger partial charge in [0.25, 0.3) is 0 Å². The lowest BCUT2D eigenvalue weighted by Crippen LogP contribution is -2.56. The van der Waals surface area contributed by atoms with Gasteiger partial charge in [0.2, 0.25) is 0 Å². The fourth-order valence-electron chi connectivity index (χ4n) is 1.53. The molecule has 1 heterocycles. The van der Waals surface area contributed by atoms with Crippen LogP contribution in [0.5, 0.6) is 0 Å². The van der Waals surface area contributed by atoms with E-state index in [9.17, 15) is 9.90 Å². The summed E-state index contributed by atoms with van der Waals surface area (Å²) in [6, 6.07) is 0. The molecule has 2 atom stereocenters. The molecule has 0 aromatic rings. The van der Waals surface area contributed by atoms with Crippen molar-refractivity contribution < 1.29 is 14.6 Å². The highest BCUT2D eigenvalue weighted by atomic mass is 16.6. The van der Waals surface area contributed by atoms with Crippen molar-refractivity contribution in [1.82, 2.24) is 4.90 Å². The van der Waals surface area contributed by atoms with Crippen LogP contribution in [-0.2, 0) is 4.74 Å². The van der Waals surface area contributed by atoms with E-state index in [4.69, 9.17) is 10.5 Å². The number of ether oxygens (including phenoxy) is 1. The molecule has 0 aliphatic carbocycles. The molecule has 15 heavy (non-hydrogen) atoms. The highest BCUT2D eigenvalue weighted by molar-refractivity contribution is 5.68. The number of rotatable bonds is 0. The predicted octanol–water partition coefficient (Wildman–Crippen LogP) is 0.663. The quantitative estimate of drug-likeness (QED) is 0.624. The molecule has 0 bridgehead atoms. The lowest BCUT2D eigenvalue weighted by molar-refractivity contribution is -0.0212. The average Bonchev–Trinajstić information content (AvgIpc) is 2.06. The largest absolute Gasteiger partial charge is 0.444 e. The Bertz CT molecular complexity index is 237. The van der Waals surface area contributed by atoms with E-state index in [-0.39, 0.29) is 0 Å². The molecule has 0 saturated carbocycles. The molecule has 1 amide bonds. The lowest BCUT2D eigenvalue weighted by atomic mass is 10.1. The maximum atomic E-state index is 11.7. The molecule has 1 saturated heterocycles. The van der Waals surface area contributed by atoms with E-state index in [0.29, 0.717) is 13.0 Å². The minimum Gasteiger partial charge on any atom is -0.444 e. The topological polar surface area (TPSA) is 75.8 Å². The molecule has 1 rings (SSSR count). The number of nitrogens with two attached hydrogens (primary N) is 1. The number of likely N-dealkylation sites (tertiary alicyclic amines) is 1. The van der Waals surface area contributed by atoms with Crippen molar-refractivity contribution in [2.45, 2.75) is 51.5 Å². The molecule has 5 heteroatoms. The summed E-state index contributed by atoms with van der Waals surface area (Å²) in [4.78, 5) is 13.1. The van der Waals surface area contributed by atoms with Crippen molar-refractivity contribution in [3.63, 3.8) is 0 Å². The third-order valence-electron chi connectivity index (χ3n) is 2.28. The van der Waals surface area contributed by atoms with Crippen LogP contribution in [0.3, 0.4) is 0 Å². The summed E-state index contributed by atoms with van der Waals surface area (Å²) in [5.74, 6) is 0. The Hall–Kier alpha value is -0.810. The number of amides is 1. The van der Waals surface area contributed by atoms with E-state index in [0.717, 1.165) is 6.42 Å². The van der Waals surface area contributed by atoms with Crippen molar-refractivity contribution in [3.05, 3.63) is 0 Å². The first kappa shape index (κ1) is 12.3. The fraction of sp³-hybridized carbons (Fsp3) is 0.900. The Labute approximate surface area is 90.2 Å². The number of hydrogen-bond acceptors (Lipinski definition) is 4. The molecule has 88 valence electrons. The van der Waals surface area contributed by atoms with Gasteiger partial charge in [-0.05, 0) is 33.6 Å². The molecule has 1 aliphatic rings. The molecular weight excluding hydrogens is 196 g/mol. The minimum atomic E-state index is -0.647. The van der Waals surface area contributed by atoms with Gasteiger partial charge in [-0.3, -0.25) is 4.90 Å². The SMILES string of the molecule is CC(C)(C)OC(=O)N1CCC[C@@H](O)C1N. The smallest absolute Gasteiger partial charge is 0.411 e. The lowest BCUT2D eigenvalue weighted by Gasteiger charge is -2.37. The third kappa shape index (κ3) is 3.35. The molecule has 0 spiro atoms. The number of piperidine rings is 1. The zero-order chi connectivity index (χ0) is 11.6. The van der Waals surface area contributed by atoms with Gasteiger partial charge in [-0.1, -0.05) is 0 Å². The van der Waals surface area contributed by atoms with Crippen LogP contribution in [0, 0.1) is 0 Å². The van der Waals surface area contributed by atoms with Crippen molar-refractivity contribution in [1.29, 1.82) is 0 Å². The maximum Gasteiger partial charge on any atom is 0.411 e. The second kappa shape index (κ2) is 4.37. The van der Waals surface area contributed by atoms with Gasteiger partial charge in [0.1, 0.15) is 11.8 Å². The number of hydrogen-bond donors (Lipinski definition) is 2. The van der Waals surface area contributed by atoms with Gasteiger partial charge >= 0.3 is 6.09 Å². The van der Waals surface area contributed by atoms with Gasteiger partial charge in [-0.25, -0.2) is 4.79 Å². The molecule has 1 fully saturated rings. The van der Waals surface area contributed by atoms with E-state index >= 15 is 0 Å². The van der Waals surface area contributed by atoms with E-state index in [1.54, 1.807) is 20.8 Å². The number of carbonyl (C=O) groups is 1. The first-order chi connectivity index (χ1) is 6.81. The second-order valence-corrected chi connectivity index (χ2v) is 4.87. The summed E-state index contributed by atoms with van der Waals surface area (Å²) in [6.45, 7) is 5.96. The van der Waals surface area contributed by atoms with Crippen molar-refractivity contribution in [2.75, 3.05) is 6.54 Å². The normalized spacial score (nSPS) is 27.7. The zero-order valence-electron chi connectivity index (χ0n) is 9.56. The molecule has 1 unspecified atom stereocenters. The summed E-state index contributed by atoms with van der Waals surface area (Å²) in [6.07, 6.45) is -0.345. The van der Waals surface area contributed by atoms with Gasteiger partial charge in [0.05, 0.1) is 6.10 Å². The van der Waals surface area contributed by atoms with E-state index in [1.807, 2.05) is 0 Å². The van der Waals surface area contributed by atoms with Gasteiger partial charge in [0.15, 0.2) is 0 Å². The van der Waals surface area contributed by atoms with Crippen molar-refractivity contribution >= 4 is 6.09 Å². The van der Waals surface area contributed by atoms with Crippen LogP contribution in [0.25, 0.3) is 0 Å². The first-order valence-electron chi connectivity index (χ1n) is 5.24. The van der Waals surface area contributed by atoms with Gasteiger partial charge < -0.3 is 15.6 Å². The Morgan fingerprint density at radius 3 is 2.67 bits per heavy atom. The monoisotopic (exact) mass is 216 g/mol. The highest BCUT2D eigenvalue weighted by Crippen LogP contribution is 2.17. The van der Waals surface area contributed by atoms with Crippen LogP contribution in [0.15, 0.2) is 0 Å². The Morgan fingerprint density at radius 2 is 2.13 bits per heavy atom. The summed E-state index contributed by atoms with van der Waals surface area (Å²) in [7, 11) is 0. The van der Waals surface area contributed by atoms with Crippen LogP contribution in [0.4, 0.5) is 4.79 Å². The zero-order valence-corrected chi connectivity index (χ0v) is 9.56. The van der Waals surface area contributed by atoms with Gasteiger partial charge in [0, 0.05) is 6.54 Å². The number of nitrogens with zero attached hydrogens (tertiary/aromatic N) is 1. The molecular formula is C10H20N2O3. The Morgan fingerprint density at radius 1 is 1.53 bits per heavy atom. The maximum absolute atomic E-state index is 11.7.